The molecule has 1 aromatic carbocycles. The maximum absolute atomic E-state index is 11.2. The molecular weight excluding hydrogens is 252 g/mol. The second kappa shape index (κ2) is 6.30. The second-order valence-corrected chi connectivity index (χ2v) is 4.55. The Morgan fingerprint density at radius 1 is 1.25 bits per heavy atom. The lowest BCUT2D eigenvalue weighted by Crippen LogP contribution is -2.11. The number of carbonyl (C=O) groups excluding carboxylic acids is 1. The van der Waals surface area contributed by atoms with E-state index in [0.29, 0.717) is 12.2 Å². The van der Waals surface area contributed by atoms with E-state index in [0.717, 1.165) is 16.7 Å². The van der Waals surface area contributed by atoms with Crippen molar-refractivity contribution in [3.8, 4) is 11.1 Å². The molecule has 0 aliphatic rings. The lowest BCUT2D eigenvalue weighted by molar-refractivity contribution is 0.0764. The highest BCUT2D eigenvalue weighted by Gasteiger charge is 2.07. The zero-order valence-corrected chi connectivity index (χ0v) is 11.7. The molecule has 0 saturated carbocycles. The quantitative estimate of drug-likeness (QED) is 0.908. The SMILES string of the molecule is CCO[C@H](C)c1ccc(-c2cncc(C(N)=O)c2)cc1. The number of hydrogen-bond donors (Lipinski definition) is 1. The summed E-state index contributed by atoms with van der Waals surface area (Å²) in [5.41, 5.74) is 8.66. The van der Waals surface area contributed by atoms with Crippen molar-refractivity contribution in [2.75, 3.05) is 6.61 Å². The number of amides is 1. The molecule has 2 aromatic rings. The average molecular weight is 270 g/mol. The van der Waals surface area contributed by atoms with Gasteiger partial charge in [0.2, 0.25) is 5.91 Å². The van der Waals surface area contributed by atoms with Gasteiger partial charge < -0.3 is 10.5 Å². The van der Waals surface area contributed by atoms with Crippen molar-refractivity contribution < 1.29 is 9.53 Å². The Hall–Kier alpha value is -2.20. The number of aromatic nitrogens is 1. The molecule has 0 fully saturated rings. The van der Waals surface area contributed by atoms with Gasteiger partial charge in [-0.15, -0.1) is 0 Å². The Bertz CT molecular complexity index is 594. The number of nitrogens with two attached hydrogens (primary N) is 1. The monoisotopic (exact) mass is 270 g/mol. The summed E-state index contributed by atoms with van der Waals surface area (Å²) in [5.74, 6) is -0.471. The first kappa shape index (κ1) is 14.2. The van der Waals surface area contributed by atoms with Gasteiger partial charge in [-0.1, -0.05) is 24.3 Å². The summed E-state index contributed by atoms with van der Waals surface area (Å²) in [4.78, 5) is 15.2. The van der Waals surface area contributed by atoms with Crippen LogP contribution in [0.1, 0.15) is 35.9 Å². The smallest absolute Gasteiger partial charge is 0.250 e. The van der Waals surface area contributed by atoms with Crippen LogP contribution in [0.3, 0.4) is 0 Å². The van der Waals surface area contributed by atoms with E-state index in [1.165, 1.54) is 6.20 Å². The minimum absolute atomic E-state index is 0.0733. The third kappa shape index (κ3) is 3.22. The van der Waals surface area contributed by atoms with Crippen LogP contribution in [0.15, 0.2) is 42.7 Å². The molecule has 0 aliphatic carbocycles. The van der Waals surface area contributed by atoms with Gasteiger partial charge in [-0.3, -0.25) is 9.78 Å². The van der Waals surface area contributed by atoms with E-state index < -0.39 is 5.91 Å². The van der Waals surface area contributed by atoms with Crippen molar-refractivity contribution in [2.24, 2.45) is 5.73 Å². The summed E-state index contributed by atoms with van der Waals surface area (Å²) in [6.07, 6.45) is 3.26. The maximum atomic E-state index is 11.2. The van der Waals surface area contributed by atoms with Gasteiger partial charge in [0.05, 0.1) is 11.7 Å². The lowest BCUT2D eigenvalue weighted by Gasteiger charge is -2.12. The summed E-state index contributed by atoms with van der Waals surface area (Å²) in [6, 6.07) is 9.77. The molecule has 1 aromatic heterocycles. The number of ether oxygens (including phenoxy) is 1. The van der Waals surface area contributed by atoms with Gasteiger partial charge in [0.25, 0.3) is 0 Å². The van der Waals surface area contributed by atoms with Crippen molar-refractivity contribution in [3.05, 3.63) is 53.9 Å². The van der Waals surface area contributed by atoms with Crippen molar-refractivity contribution in [1.29, 1.82) is 0 Å². The largest absolute Gasteiger partial charge is 0.374 e. The molecule has 20 heavy (non-hydrogen) atoms. The van der Waals surface area contributed by atoms with Crippen LogP contribution >= 0.6 is 0 Å². The van der Waals surface area contributed by atoms with Crippen molar-refractivity contribution >= 4 is 5.91 Å². The van der Waals surface area contributed by atoms with Crippen LogP contribution in [-0.4, -0.2) is 17.5 Å². The molecule has 1 amide bonds. The number of benzene rings is 1. The van der Waals surface area contributed by atoms with Crippen LogP contribution in [0, 0.1) is 0 Å². The van der Waals surface area contributed by atoms with E-state index in [1.54, 1.807) is 12.3 Å². The lowest BCUT2D eigenvalue weighted by atomic mass is 10.0. The van der Waals surface area contributed by atoms with Crippen LogP contribution in [0.4, 0.5) is 0 Å². The number of pyridine rings is 1. The molecule has 4 nitrogen and oxygen atoms in total. The number of rotatable bonds is 5. The van der Waals surface area contributed by atoms with Gasteiger partial charge in [-0.2, -0.15) is 0 Å². The zero-order chi connectivity index (χ0) is 14.5. The van der Waals surface area contributed by atoms with E-state index >= 15 is 0 Å². The molecule has 104 valence electrons. The summed E-state index contributed by atoms with van der Waals surface area (Å²) in [5, 5.41) is 0. The molecule has 0 spiro atoms. The van der Waals surface area contributed by atoms with Gasteiger partial charge in [0.15, 0.2) is 0 Å². The fraction of sp³-hybridized carbons (Fsp3) is 0.250. The Balaban J connectivity index is 2.26. The number of primary amides is 1. The third-order valence-corrected chi connectivity index (χ3v) is 3.15. The van der Waals surface area contributed by atoms with E-state index in [-0.39, 0.29) is 6.10 Å². The zero-order valence-electron chi connectivity index (χ0n) is 11.7. The normalized spacial score (nSPS) is 12.1. The van der Waals surface area contributed by atoms with E-state index in [1.807, 2.05) is 38.1 Å². The average Bonchev–Trinajstić information content (AvgIpc) is 2.48. The van der Waals surface area contributed by atoms with Gasteiger partial charge in [-0.25, -0.2) is 0 Å². The highest BCUT2D eigenvalue weighted by atomic mass is 16.5. The molecule has 1 atom stereocenters. The number of hydrogen-bond acceptors (Lipinski definition) is 3. The number of carbonyl (C=O) groups is 1. The summed E-state index contributed by atoms with van der Waals surface area (Å²) < 4.78 is 5.55. The highest BCUT2D eigenvalue weighted by Crippen LogP contribution is 2.23. The summed E-state index contributed by atoms with van der Waals surface area (Å²) in [7, 11) is 0. The molecular formula is C16H18N2O2. The third-order valence-electron chi connectivity index (χ3n) is 3.15. The fourth-order valence-electron chi connectivity index (χ4n) is 2.03. The van der Waals surface area contributed by atoms with Crippen molar-refractivity contribution in [3.63, 3.8) is 0 Å². The minimum atomic E-state index is -0.471. The topological polar surface area (TPSA) is 65.2 Å². The van der Waals surface area contributed by atoms with Crippen LogP contribution in [0.25, 0.3) is 11.1 Å². The molecule has 0 unspecified atom stereocenters. The van der Waals surface area contributed by atoms with Crippen LogP contribution in [0.5, 0.6) is 0 Å². The van der Waals surface area contributed by atoms with Crippen LogP contribution < -0.4 is 5.73 Å². The minimum Gasteiger partial charge on any atom is -0.374 e. The van der Waals surface area contributed by atoms with E-state index in [9.17, 15) is 4.79 Å². The molecule has 2 rings (SSSR count). The first-order chi connectivity index (χ1) is 9.61. The maximum Gasteiger partial charge on any atom is 0.250 e. The van der Waals surface area contributed by atoms with E-state index in [2.05, 4.69) is 4.98 Å². The summed E-state index contributed by atoms with van der Waals surface area (Å²) >= 11 is 0. The molecule has 0 saturated heterocycles. The Morgan fingerprint density at radius 2 is 1.95 bits per heavy atom. The second-order valence-electron chi connectivity index (χ2n) is 4.55. The van der Waals surface area contributed by atoms with Crippen molar-refractivity contribution in [2.45, 2.75) is 20.0 Å². The molecule has 1 heterocycles. The number of nitrogens with zero attached hydrogens (tertiary/aromatic N) is 1. The van der Waals surface area contributed by atoms with Gasteiger partial charge in [0.1, 0.15) is 0 Å². The van der Waals surface area contributed by atoms with Crippen LogP contribution in [0.2, 0.25) is 0 Å². The molecule has 0 radical (unpaired) electrons. The Labute approximate surface area is 118 Å². The first-order valence-corrected chi connectivity index (χ1v) is 6.58. The van der Waals surface area contributed by atoms with Crippen LogP contribution in [-0.2, 0) is 4.74 Å². The first-order valence-electron chi connectivity index (χ1n) is 6.58. The predicted molar refractivity (Wildman–Crippen MR) is 78.2 cm³/mol. The predicted octanol–water partition coefficient (Wildman–Crippen LogP) is 2.95. The molecule has 0 bridgehead atoms. The molecule has 4 heteroatoms. The molecule has 0 aliphatic heterocycles. The Morgan fingerprint density at radius 3 is 2.55 bits per heavy atom. The van der Waals surface area contributed by atoms with Gasteiger partial charge in [-0.05, 0) is 31.0 Å². The fourth-order valence-corrected chi connectivity index (χ4v) is 2.03. The summed E-state index contributed by atoms with van der Waals surface area (Å²) in [6.45, 7) is 4.69. The van der Waals surface area contributed by atoms with E-state index in [4.69, 9.17) is 10.5 Å². The standard InChI is InChI=1S/C16H18N2O2/c1-3-20-11(2)12-4-6-13(7-5-12)14-8-15(16(17)19)10-18-9-14/h4-11H,3H2,1-2H3,(H2,17,19)/t11-/m1/s1. The Kier molecular flexibility index (Phi) is 4.48. The highest BCUT2D eigenvalue weighted by molar-refractivity contribution is 5.93. The molecule has 2 N–H and O–H groups in total. The van der Waals surface area contributed by atoms with Gasteiger partial charge >= 0.3 is 0 Å². The van der Waals surface area contributed by atoms with Gasteiger partial charge in [0, 0.05) is 24.6 Å². The van der Waals surface area contributed by atoms with Crippen molar-refractivity contribution in [1.82, 2.24) is 4.98 Å².